The van der Waals surface area contributed by atoms with Gasteiger partial charge in [-0.2, -0.15) is 5.26 Å². The Hall–Kier alpha value is -2.84. The summed E-state index contributed by atoms with van der Waals surface area (Å²) in [5.74, 6) is 0.00403. The average molecular weight is 327 g/mol. The number of carbonyl (C=O) groups excluding carboxylic acids is 1. The molecule has 0 saturated carbocycles. The number of pyridine rings is 1. The molecule has 1 aromatic carbocycles. The molecule has 0 bridgehead atoms. The highest BCUT2D eigenvalue weighted by atomic mass is 35.5. The quantitative estimate of drug-likeness (QED) is 0.661. The van der Waals surface area contributed by atoms with Crippen molar-refractivity contribution in [3.8, 4) is 6.07 Å². The molecule has 0 fully saturated rings. The van der Waals surface area contributed by atoms with Gasteiger partial charge in [-0.3, -0.25) is 4.79 Å². The van der Waals surface area contributed by atoms with Gasteiger partial charge in [-0.15, -0.1) is 0 Å². The van der Waals surface area contributed by atoms with Gasteiger partial charge in [-0.1, -0.05) is 23.7 Å². The summed E-state index contributed by atoms with van der Waals surface area (Å²) in [6.45, 7) is 3.87. The van der Waals surface area contributed by atoms with Gasteiger partial charge in [0.1, 0.15) is 17.5 Å². The van der Waals surface area contributed by atoms with E-state index in [1.165, 1.54) is 12.4 Å². The predicted molar refractivity (Wildman–Crippen MR) is 91.1 cm³/mol. The number of amides is 1. The number of nitrogens with zero attached hydrogens (tertiary/aromatic N) is 2. The maximum atomic E-state index is 12.2. The van der Waals surface area contributed by atoms with Gasteiger partial charge < -0.3 is 10.6 Å². The van der Waals surface area contributed by atoms with Crippen LogP contribution in [0.15, 0.2) is 48.3 Å². The second-order valence-electron chi connectivity index (χ2n) is 4.88. The first-order chi connectivity index (χ1) is 11.0. The first kappa shape index (κ1) is 16.5. The van der Waals surface area contributed by atoms with Gasteiger partial charge in [0.15, 0.2) is 0 Å². The maximum absolute atomic E-state index is 12.2. The van der Waals surface area contributed by atoms with Crippen LogP contribution in [0.25, 0.3) is 0 Å². The third-order valence-electron chi connectivity index (χ3n) is 3.31. The number of hydrogen-bond donors (Lipinski definition) is 2. The maximum Gasteiger partial charge on any atom is 0.267 e. The lowest BCUT2D eigenvalue weighted by atomic mass is 10.1. The summed E-state index contributed by atoms with van der Waals surface area (Å²) in [5, 5.41) is 15.2. The fraction of sp³-hybridized carbons (Fsp3) is 0.118. The van der Waals surface area contributed by atoms with Crippen molar-refractivity contribution in [1.29, 1.82) is 5.26 Å². The van der Waals surface area contributed by atoms with Crippen LogP contribution < -0.4 is 10.6 Å². The monoisotopic (exact) mass is 326 g/mol. The van der Waals surface area contributed by atoms with Crippen LogP contribution in [0.2, 0.25) is 5.02 Å². The van der Waals surface area contributed by atoms with Crippen LogP contribution in [0.4, 0.5) is 11.5 Å². The van der Waals surface area contributed by atoms with Gasteiger partial charge in [0.05, 0.1) is 5.02 Å². The number of nitriles is 1. The van der Waals surface area contributed by atoms with E-state index >= 15 is 0 Å². The fourth-order valence-electron chi connectivity index (χ4n) is 1.83. The number of anilines is 2. The topological polar surface area (TPSA) is 77.8 Å². The third kappa shape index (κ3) is 4.31. The highest BCUT2D eigenvalue weighted by molar-refractivity contribution is 6.30. The van der Waals surface area contributed by atoms with Crippen LogP contribution in [0.5, 0.6) is 0 Å². The summed E-state index contributed by atoms with van der Waals surface area (Å²) < 4.78 is 0. The molecule has 0 aliphatic carbocycles. The van der Waals surface area contributed by atoms with Crippen molar-refractivity contribution in [3.05, 3.63) is 64.5 Å². The molecule has 2 rings (SSSR count). The molecule has 0 radical (unpaired) electrons. The number of halogens is 1. The van der Waals surface area contributed by atoms with Crippen molar-refractivity contribution < 1.29 is 4.79 Å². The number of rotatable bonds is 4. The minimum Gasteiger partial charge on any atom is -0.345 e. The van der Waals surface area contributed by atoms with E-state index in [-0.39, 0.29) is 5.57 Å². The van der Waals surface area contributed by atoms with E-state index in [1.54, 1.807) is 18.2 Å². The van der Waals surface area contributed by atoms with Crippen LogP contribution in [-0.2, 0) is 4.79 Å². The first-order valence-electron chi connectivity index (χ1n) is 6.87. The van der Waals surface area contributed by atoms with Crippen molar-refractivity contribution in [2.45, 2.75) is 13.8 Å². The van der Waals surface area contributed by atoms with Crippen LogP contribution >= 0.6 is 11.6 Å². The van der Waals surface area contributed by atoms with Crippen molar-refractivity contribution in [3.63, 3.8) is 0 Å². The molecule has 2 N–H and O–H groups in total. The zero-order valence-electron chi connectivity index (χ0n) is 12.7. The molecule has 0 aliphatic heterocycles. The number of benzene rings is 1. The van der Waals surface area contributed by atoms with Crippen molar-refractivity contribution in [2.75, 3.05) is 10.6 Å². The van der Waals surface area contributed by atoms with Crippen molar-refractivity contribution in [1.82, 2.24) is 4.98 Å². The van der Waals surface area contributed by atoms with Gasteiger partial charge in [0.25, 0.3) is 5.91 Å². The van der Waals surface area contributed by atoms with E-state index < -0.39 is 5.91 Å². The van der Waals surface area contributed by atoms with E-state index in [1.807, 2.05) is 32.0 Å². The molecule has 1 heterocycles. The molecule has 0 aliphatic rings. The largest absolute Gasteiger partial charge is 0.345 e. The van der Waals surface area contributed by atoms with E-state index in [0.717, 1.165) is 11.1 Å². The summed E-state index contributed by atoms with van der Waals surface area (Å²) >= 11 is 5.75. The van der Waals surface area contributed by atoms with E-state index in [2.05, 4.69) is 15.6 Å². The smallest absolute Gasteiger partial charge is 0.267 e. The zero-order valence-corrected chi connectivity index (χ0v) is 13.5. The molecule has 5 nitrogen and oxygen atoms in total. The van der Waals surface area contributed by atoms with Gasteiger partial charge >= 0.3 is 0 Å². The Labute approximate surface area is 139 Å². The van der Waals surface area contributed by atoms with Gasteiger partial charge in [0, 0.05) is 18.1 Å². The van der Waals surface area contributed by atoms with Crippen molar-refractivity contribution >= 4 is 29.0 Å². The second kappa shape index (κ2) is 7.43. The molecule has 6 heteroatoms. The Morgan fingerprint density at radius 1 is 1.30 bits per heavy atom. The normalized spacial score (nSPS) is 10.8. The molecule has 2 aromatic rings. The van der Waals surface area contributed by atoms with Crippen molar-refractivity contribution in [2.24, 2.45) is 0 Å². The Morgan fingerprint density at radius 3 is 2.74 bits per heavy atom. The highest BCUT2D eigenvalue weighted by Crippen LogP contribution is 2.18. The SMILES string of the molecule is Cc1cccc(NC(=O)/C(C#N)=C\Nc2ccc(Cl)cn2)c1C. The van der Waals surface area contributed by atoms with Crippen LogP contribution in [0.1, 0.15) is 11.1 Å². The minimum absolute atomic E-state index is 0.0531. The molecule has 0 unspecified atom stereocenters. The predicted octanol–water partition coefficient (Wildman–Crippen LogP) is 3.81. The van der Waals surface area contributed by atoms with E-state index in [9.17, 15) is 4.79 Å². The van der Waals surface area contributed by atoms with Crippen LogP contribution in [-0.4, -0.2) is 10.9 Å². The standard InChI is InChI=1S/C17H15ClN4O/c1-11-4-3-5-15(12(11)2)22-17(23)13(8-19)9-20-16-7-6-14(18)10-21-16/h3-7,9-10H,1-2H3,(H,20,21)(H,22,23)/b13-9-. The molecule has 23 heavy (non-hydrogen) atoms. The van der Waals surface area contributed by atoms with Crippen LogP contribution in [0, 0.1) is 25.2 Å². The molecular formula is C17H15ClN4O. The fourth-order valence-corrected chi connectivity index (χ4v) is 1.94. The molecule has 1 aromatic heterocycles. The number of nitrogens with one attached hydrogen (secondary N) is 2. The number of aromatic nitrogens is 1. The van der Waals surface area contributed by atoms with E-state index in [4.69, 9.17) is 16.9 Å². The molecule has 0 atom stereocenters. The number of carbonyl (C=O) groups is 1. The lowest BCUT2D eigenvalue weighted by molar-refractivity contribution is -0.112. The molecule has 0 spiro atoms. The highest BCUT2D eigenvalue weighted by Gasteiger charge is 2.11. The molecule has 1 amide bonds. The average Bonchev–Trinajstić information content (AvgIpc) is 2.54. The lowest BCUT2D eigenvalue weighted by Gasteiger charge is -2.10. The van der Waals surface area contributed by atoms with Gasteiger partial charge in [-0.25, -0.2) is 4.98 Å². The summed E-state index contributed by atoms with van der Waals surface area (Å²) in [5.41, 5.74) is 2.66. The number of aryl methyl sites for hydroxylation is 1. The first-order valence-corrected chi connectivity index (χ1v) is 7.25. The zero-order chi connectivity index (χ0) is 16.8. The summed E-state index contributed by atoms with van der Waals surface area (Å²) in [7, 11) is 0. The van der Waals surface area contributed by atoms with Gasteiger partial charge in [-0.05, 0) is 43.2 Å². The van der Waals surface area contributed by atoms with Crippen LogP contribution in [0.3, 0.4) is 0 Å². The van der Waals surface area contributed by atoms with Gasteiger partial charge in [0.2, 0.25) is 0 Å². The molecule has 116 valence electrons. The Bertz CT molecular complexity index is 791. The minimum atomic E-state index is -0.484. The number of hydrogen-bond acceptors (Lipinski definition) is 4. The summed E-state index contributed by atoms with van der Waals surface area (Å²) in [6, 6.07) is 10.8. The Morgan fingerprint density at radius 2 is 2.09 bits per heavy atom. The Balaban J connectivity index is 2.12. The van der Waals surface area contributed by atoms with E-state index in [0.29, 0.717) is 16.5 Å². The second-order valence-corrected chi connectivity index (χ2v) is 5.31. The summed E-state index contributed by atoms with van der Waals surface area (Å²) in [6.07, 6.45) is 2.79. The molecular weight excluding hydrogens is 312 g/mol. The lowest BCUT2D eigenvalue weighted by Crippen LogP contribution is -2.15. The Kier molecular flexibility index (Phi) is 5.34. The third-order valence-corrected chi connectivity index (χ3v) is 3.53. The molecule has 0 saturated heterocycles. The summed E-state index contributed by atoms with van der Waals surface area (Å²) in [4.78, 5) is 16.2.